The summed E-state index contributed by atoms with van der Waals surface area (Å²) in [4.78, 5) is 28.2. The van der Waals surface area contributed by atoms with Crippen molar-refractivity contribution in [1.29, 1.82) is 0 Å². The van der Waals surface area contributed by atoms with E-state index in [1.807, 2.05) is 9.47 Å². The molecular formula is C19H22FN3O3V. The van der Waals surface area contributed by atoms with Crippen LogP contribution in [0.3, 0.4) is 0 Å². The molecule has 143 valence electrons. The van der Waals surface area contributed by atoms with Gasteiger partial charge >= 0.3 is 5.97 Å². The minimum absolute atomic E-state index is 0. The first-order valence-corrected chi connectivity index (χ1v) is 9.08. The fourth-order valence-corrected chi connectivity index (χ4v) is 3.71. The molecule has 4 rings (SSSR count). The maximum absolute atomic E-state index is 14.8. The second-order valence-corrected chi connectivity index (χ2v) is 7.06. The summed E-state index contributed by atoms with van der Waals surface area (Å²) in [6, 6.07) is 3.12. The van der Waals surface area contributed by atoms with Crippen molar-refractivity contribution in [3.8, 4) is 0 Å². The van der Waals surface area contributed by atoms with Crippen LogP contribution in [0, 0.1) is 5.82 Å². The predicted molar refractivity (Wildman–Crippen MR) is 97.7 cm³/mol. The summed E-state index contributed by atoms with van der Waals surface area (Å²) >= 11 is 0. The minimum Gasteiger partial charge on any atom is -0.477 e. The third-order valence-electron chi connectivity index (χ3n) is 5.43. The first-order chi connectivity index (χ1) is 12.5. The molecule has 2 heterocycles. The molecule has 1 N–H and O–H groups in total. The van der Waals surface area contributed by atoms with E-state index in [0.717, 1.165) is 45.6 Å². The van der Waals surface area contributed by atoms with E-state index in [4.69, 9.17) is 0 Å². The number of aromatic carboxylic acids is 1. The minimum atomic E-state index is -1.27. The zero-order valence-electron chi connectivity index (χ0n) is 15.2. The fourth-order valence-electron chi connectivity index (χ4n) is 3.71. The Kier molecular flexibility index (Phi) is 5.65. The molecule has 1 aromatic carbocycles. The topological polar surface area (TPSA) is 65.8 Å². The molecule has 1 radical (unpaired) electrons. The molecular weight excluding hydrogens is 388 g/mol. The van der Waals surface area contributed by atoms with Gasteiger partial charge in [-0.25, -0.2) is 9.18 Å². The number of nitrogens with zero attached hydrogens (tertiary/aromatic N) is 3. The Morgan fingerprint density at radius 3 is 2.44 bits per heavy atom. The van der Waals surface area contributed by atoms with E-state index in [1.165, 1.54) is 12.3 Å². The summed E-state index contributed by atoms with van der Waals surface area (Å²) in [7, 11) is 0. The van der Waals surface area contributed by atoms with E-state index in [-0.39, 0.29) is 35.5 Å². The SMILES string of the molecule is CCN1CCN(c2cc3c(cc2F)c(=O)c(C(=O)O)cn3C2CC2)CC1.[V]. The Bertz CT molecular complexity index is 934. The molecule has 0 amide bonds. The monoisotopic (exact) mass is 410 g/mol. The number of halogens is 1. The first kappa shape index (κ1) is 19.9. The van der Waals surface area contributed by atoms with E-state index >= 15 is 0 Å². The summed E-state index contributed by atoms with van der Waals surface area (Å²) in [5.74, 6) is -1.74. The predicted octanol–water partition coefficient (Wildman–Crippen LogP) is 2.31. The summed E-state index contributed by atoms with van der Waals surface area (Å²) in [6.45, 7) is 6.31. The van der Waals surface area contributed by atoms with Gasteiger partial charge in [0.05, 0.1) is 11.2 Å². The van der Waals surface area contributed by atoms with Gasteiger partial charge in [0.1, 0.15) is 11.4 Å². The second-order valence-electron chi connectivity index (χ2n) is 7.06. The third kappa shape index (κ3) is 3.64. The standard InChI is InChI=1S/C19H22FN3O3.V/c1-2-21-5-7-22(8-6-21)17-10-16-13(9-15(17)20)18(24)14(19(25)26)11-23(16)12-3-4-12;/h9-12H,2-8H2,1H3,(H,25,26);. The summed E-state index contributed by atoms with van der Waals surface area (Å²) < 4.78 is 16.6. The first-order valence-electron chi connectivity index (χ1n) is 9.08. The second kappa shape index (κ2) is 7.66. The number of carboxylic acids is 1. The Labute approximate surface area is 168 Å². The Morgan fingerprint density at radius 1 is 1.22 bits per heavy atom. The molecule has 8 heteroatoms. The largest absolute Gasteiger partial charge is 0.477 e. The van der Waals surface area contributed by atoms with Crippen molar-refractivity contribution >= 4 is 22.6 Å². The number of piperazine rings is 1. The quantitative estimate of drug-likeness (QED) is 0.838. The molecule has 27 heavy (non-hydrogen) atoms. The van der Waals surface area contributed by atoms with Crippen LogP contribution in [0.2, 0.25) is 0 Å². The summed E-state index contributed by atoms with van der Waals surface area (Å²) in [6.07, 6.45) is 3.30. The van der Waals surface area contributed by atoms with E-state index in [9.17, 15) is 19.1 Å². The van der Waals surface area contributed by atoms with Gasteiger partial charge in [-0.15, -0.1) is 0 Å². The van der Waals surface area contributed by atoms with Crippen molar-refractivity contribution in [3.05, 3.63) is 39.9 Å². The Morgan fingerprint density at radius 2 is 1.89 bits per heavy atom. The van der Waals surface area contributed by atoms with E-state index < -0.39 is 17.2 Å². The van der Waals surface area contributed by atoms with E-state index in [2.05, 4.69) is 11.8 Å². The van der Waals surface area contributed by atoms with Gasteiger partial charge in [-0.05, 0) is 31.5 Å². The third-order valence-corrected chi connectivity index (χ3v) is 5.43. The maximum Gasteiger partial charge on any atom is 0.341 e. The van der Waals surface area contributed by atoms with Gasteiger partial charge < -0.3 is 19.5 Å². The molecule has 1 aliphatic carbocycles. The Balaban J connectivity index is 0.00000210. The average Bonchev–Trinajstić information content (AvgIpc) is 3.47. The number of aromatic nitrogens is 1. The number of likely N-dealkylation sites (N-methyl/N-ethyl adjacent to an activating group) is 1. The van der Waals surface area contributed by atoms with E-state index in [1.54, 1.807) is 6.07 Å². The van der Waals surface area contributed by atoms with Crippen LogP contribution >= 0.6 is 0 Å². The number of carbonyl (C=O) groups is 1. The van der Waals surface area contributed by atoms with Gasteiger partial charge in [-0.3, -0.25) is 4.79 Å². The van der Waals surface area contributed by atoms with Crippen LogP contribution < -0.4 is 10.3 Å². The molecule has 0 bridgehead atoms. The van der Waals surface area contributed by atoms with Crippen LogP contribution in [0.1, 0.15) is 36.2 Å². The molecule has 6 nitrogen and oxygen atoms in total. The average molecular weight is 410 g/mol. The molecule has 1 saturated heterocycles. The molecule has 2 fully saturated rings. The van der Waals surface area contributed by atoms with Gasteiger partial charge in [0.15, 0.2) is 0 Å². The van der Waals surface area contributed by atoms with Crippen LogP contribution in [0.25, 0.3) is 10.9 Å². The maximum atomic E-state index is 14.8. The molecule has 1 aliphatic heterocycles. The van der Waals surface area contributed by atoms with Crippen LogP contribution in [-0.4, -0.2) is 53.3 Å². The molecule has 0 atom stereocenters. The zero-order valence-corrected chi connectivity index (χ0v) is 16.6. The van der Waals surface area contributed by atoms with Crippen LogP contribution in [0.5, 0.6) is 0 Å². The number of rotatable bonds is 4. The number of hydrogen-bond acceptors (Lipinski definition) is 4. The van der Waals surface area contributed by atoms with Gasteiger partial charge in [0, 0.05) is 62.4 Å². The van der Waals surface area contributed by atoms with Crippen molar-refractivity contribution < 1.29 is 32.8 Å². The van der Waals surface area contributed by atoms with Crippen LogP contribution in [-0.2, 0) is 18.6 Å². The molecule has 1 aromatic heterocycles. The number of fused-ring (bicyclic) bond motifs is 1. The van der Waals surface area contributed by atoms with Crippen LogP contribution in [0.4, 0.5) is 10.1 Å². The van der Waals surface area contributed by atoms with Crippen LogP contribution in [0.15, 0.2) is 23.1 Å². The zero-order chi connectivity index (χ0) is 18.4. The van der Waals surface area contributed by atoms with Crippen molar-refractivity contribution in [1.82, 2.24) is 9.47 Å². The molecule has 1 saturated carbocycles. The van der Waals surface area contributed by atoms with Crippen molar-refractivity contribution in [3.63, 3.8) is 0 Å². The number of hydrogen-bond donors (Lipinski definition) is 1. The fraction of sp³-hybridized carbons (Fsp3) is 0.474. The summed E-state index contributed by atoms with van der Waals surface area (Å²) in [5, 5.41) is 9.45. The number of anilines is 1. The van der Waals surface area contributed by atoms with E-state index in [0.29, 0.717) is 11.2 Å². The van der Waals surface area contributed by atoms with Gasteiger partial charge in [0.2, 0.25) is 5.43 Å². The van der Waals surface area contributed by atoms with Crippen molar-refractivity contribution in [2.45, 2.75) is 25.8 Å². The van der Waals surface area contributed by atoms with Crippen molar-refractivity contribution in [2.75, 3.05) is 37.6 Å². The number of carboxylic acid groups (broad SMARTS) is 1. The smallest absolute Gasteiger partial charge is 0.341 e. The molecule has 0 spiro atoms. The summed E-state index contributed by atoms with van der Waals surface area (Å²) in [5.41, 5.74) is 0.195. The molecule has 2 aromatic rings. The van der Waals surface area contributed by atoms with Gasteiger partial charge in [0.25, 0.3) is 0 Å². The molecule has 0 unspecified atom stereocenters. The van der Waals surface area contributed by atoms with Crippen molar-refractivity contribution in [2.24, 2.45) is 0 Å². The number of pyridine rings is 1. The van der Waals surface area contributed by atoms with Gasteiger partial charge in [-0.1, -0.05) is 6.92 Å². The Hall–Kier alpha value is -1.83. The number of benzene rings is 1. The normalized spacial score (nSPS) is 17.8. The van der Waals surface area contributed by atoms with Gasteiger partial charge in [-0.2, -0.15) is 0 Å². The molecule has 2 aliphatic rings.